The summed E-state index contributed by atoms with van der Waals surface area (Å²) < 4.78 is 13.2. The van der Waals surface area contributed by atoms with Crippen LogP contribution < -0.4 is 10.1 Å². The van der Waals surface area contributed by atoms with Gasteiger partial charge in [-0.25, -0.2) is 4.99 Å². The van der Waals surface area contributed by atoms with Gasteiger partial charge in [-0.2, -0.15) is 0 Å². The molecule has 2 aromatic heterocycles. The first kappa shape index (κ1) is 27.4. The number of hydrogen-bond acceptors (Lipinski definition) is 5. The number of halogens is 2. The van der Waals surface area contributed by atoms with Gasteiger partial charge in [0, 0.05) is 11.1 Å². The average Bonchev–Trinajstić information content (AvgIpc) is 3.47. The Kier molecular flexibility index (Phi) is 8.98. The van der Waals surface area contributed by atoms with E-state index in [1.807, 2.05) is 30.5 Å². The lowest BCUT2D eigenvalue weighted by Crippen LogP contribution is -2.28. The first-order chi connectivity index (χ1) is 17.2. The number of fused-ring (bicyclic) bond motifs is 1. The van der Waals surface area contributed by atoms with Gasteiger partial charge >= 0.3 is 0 Å². The predicted octanol–water partition coefficient (Wildman–Crippen LogP) is 7.95. The lowest BCUT2D eigenvalue weighted by atomic mass is 9.72. The van der Waals surface area contributed by atoms with Crippen LogP contribution in [0.3, 0.4) is 0 Å². The summed E-state index contributed by atoms with van der Waals surface area (Å²) in [5.74, 6) is 2.08. The molecule has 5 nitrogen and oxygen atoms in total. The molecule has 0 radical (unpaired) electrons. The number of ether oxygens (including phenoxy) is 1. The molecule has 1 aliphatic rings. The van der Waals surface area contributed by atoms with E-state index in [0.717, 1.165) is 54.0 Å². The van der Waals surface area contributed by atoms with Gasteiger partial charge in [0.25, 0.3) is 5.91 Å². The van der Waals surface area contributed by atoms with E-state index in [1.54, 1.807) is 23.7 Å². The van der Waals surface area contributed by atoms with Crippen molar-refractivity contribution >= 4 is 73.6 Å². The van der Waals surface area contributed by atoms with Crippen LogP contribution in [0.5, 0.6) is 5.75 Å². The largest absolute Gasteiger partial charge is 0.487 e. The van der Waals surface area contributed by atoms with Crippen molar-refractivity contribution in [3.63, 3.8) is 0 Å². The molecule has 1 N–H and O–H groups in total. The Hall–Kier alpha value is -1.66. The van der Waals surface area contributed by atoms with Crippen molar-refractivity contribution in [3.05, 3.63) is 77.7 Å². The van der Waals surface area contributed by atoms with Crippen LogP contribution in [-0.2, 0) is 19.4 Å². The van der Waals surface area contributed by atoms with Crippen LogP contribution in [0.15, 0.2) is 52.6 Å². The quantitative estimate of drug-likeness (QED) is 0.146. The zero-order valence-electron chi connectivity index (χ0n) is 20.7. The molecule has 0 spiro atoms. The van der Waals surface area contributed by atoms with Crippen molar-refractivity contribution in [2.45, 2.75) is 46.6 Å². The molecule has 190 valence electrons. The van der Waals surface area contributed by atoms with Gasteiger partial charge in [0.2, 0.25) is 0 Å². The molecular weight excluding hydrogens is 698 g/mol. The number of carbonyl (C=O) groups is 1. The van der Waals surface area contributed by atoms with Crippen LogP contribution in [0.4, 0.5) is 5.00 Å². The number of rotatable bonds is 8. The molecule has 1 amide bonds. The average molecular weight is 728 g/mol. The summed E-state index contributed by atoms with van der Waals surface area (Å²) >= 11 is 6.22. The highest BCUT2D eigenvalue weighted by Gasteiger charge is 2.33. The van der Waals surface area contributed by atoms with E-state index in [4.69, 9.17) is 14.1 Å². The fourth-order valence-corrected chi connectivity index (χ4v) is 7.77. The molecule has 1 aliphatic carbocycles. The summed E-state index contributed by atoms with van der Waals surface area (Å²) in [6, 6.07) is 7.78. The fourth-order valence-electron chi connectivity index (χ4n) is 4.37. The maximum absolute atomic E-state index is 13.4. The minimum absolute atomic E-state index is 0.0948. The number of carbonyl (C=O) groups excluding carboxylic acids is 1. The van der Waals surface area contributed by atoms with Gasteiger partial charge in [-0.1, -0.05) is 33.4 Å². The Morgan fingerprint density at radius 1 is 1.33 bits per heavy atom. The standard InChI is InChI=1S/C28H30I2N2O3S/c1-5-10-35-25-21(29)12-17(13-22(25)30)15-32-27-24(26(33)31-16-19-7-6-11-34-19)20-9-8-18(28(2,3)4)14-23(20)36-27/h5-7,11-13,15,18H,1,8-10,14,16H2,2-4H3,(H,31,33)/t18-/m1/s1. The summed E-state index contributed by atoms with van der Waals surface area (Å²) in [5, 5.41) is 3.80. The van der Waals surface area contributed by atoms with Crippen molar-refractivity contribution in [2.24, 2.45) is 16.3 Å². The van der Waals surface area contributed by atoms with Crippen molar-refractivity contribution in [1.82, 2.24) is 5.32 Å². The molecule has 0 saturated carbocycles. The number of thiophene rings is 1. The van der Waals surface area contributed by atoms with E-state index in [-0.39, 0.29) is 11.3 Å². The SMILES string of the molecule is C=CCOc1c(I)cc(C=Nc2sc3c(c2C(=O)NCc2ccco2)CC[C@@H](C(C)(C)C)C3)cc1I. The minimum Gasteiger partial charge on any atom is -0.487 e. The number of hydrogen-bond donors (Lipinski definition) is 1. The second-order valence-corrected chi connectivity index (χ2v) is 13.3. The first-order valence-corrected chi connectivity index (χ1v) is 14.9. The topological polar surface area (TPSA) is 63.8 Å². The summed E-state index contributed by atoms with van der Waals surface area (Å²) in [4.78, 5) is 19.5. The lowest BCUT2D eigenvalue weighted by molar-refractivity contribution is 0.0947. The maximum atomic E-state index is 13.4. The third-order valence-electron chi connectivity index (χ3n) is 6.40. The third-order valence-corrected chi connectivity index (χ3v) is 9.16. The number of nitrogens with one attached hydrogen (secondary N) is 1. The van der Waals surface area contributed by atoms with Crippen molar-refractivity contribution in [3.8, 4) is 5.75 Å². The van der Waals surface area contributed by atoms with Crippen LogP contribution >= 0.6 is 56.5 Å². The molecule has 1 aromatic carbocycles. The highest BCUT2D eigenvalue weighted by Crippen LogP contribution is 2.45. The first-order valence-electron chi connectivity index (χ1n) is 11.9. The number of benzene rings is 1. The monoisotopic (exact) mass is 728 g/mol. The normalized spacial score (nSPS) is 15.6. The molecule has 0 aliphatic heterocycles. The van der Waals surface area contributed by atoms with Gasteiger partial charge in [0.1, 0.15) is 23.1 Å². The van der Waals surface area contributed by atoms with Gasteiger partial charge in [-0.05, 0) is 111 Å². The van der Waals surface area contributed by atoms with Gasteiger partial charge < -0.3 is 14.5 Å². The number of furan rings is 1. The lowest BCUT2D eigenvalue weighted by Gasteiger charge is -2.33. The number of nitrogens with zero attached hydrogens (tertiary/aromatic N) is 1. The fraction of sp³-hybridized carbons (Fsp3) is 0.357. The zero-order valence-corrected chi connectivity index (χ0v) is 25.8. The number of amides is 1. The molecule has 0 saturated heterocycles. The Balaban J connectivity index is 1.65. The Bertz CT molecular complexity index is 1250. The highest BCUT2D eigenvalue weighted by atomic mass is 127. The van der Waals surface area contributed by atoms with Gasteiger partial charge in [0.15, 0.2) is 0 Å². The Labute approximate surface area is 244 Å². The van der Waals surface area contributed by atoms with Gasteiger partial charge in [-0.3, -0.25) is 4.79 Å². The molecule has 0 bridgehead atoms. The van der Waals surface area contributed by atoms with Crippen molar-refractivity contribution < 1.29 is 13.9 Å². The van der Waals surface area contributed by atoms with E-state index in [0.29, 0.717) is 24.6 Å². The predicted molar refractivity (Wildman–Crippen MR) is 164 cm³/mol. The molecule has 0 unspecified atom stereocenters. The smallest absolute Gasteiger partial charge is 0.255 e. The summed E-state index contributed by atoms with van der Waals surface area (Å²) in [6.45, 7) is 11.5. The Morgan fingerprint density at radius 2 is 2.08 bits per heavy atom. The molecule has 0 fully saturated rings. The minimum atomic E-state index is -0.0948. The van der Waals surface area contributed by atoms with Crippen LogP contribution in [0.25, 0.3) is 0 Å². The van der Waals surface area contributed by atoms with Crippen LogP contribution in [0.1, 0.15) is 59.3 Å². The molecule has 8 heteroatoms. The molecule has 2 heterocycles. The second kappa shape index (κ2) is 11.8. The molecule has 1 atom stereocenters. The summed E-state index contributed by atoms with van der Waals surface area (Å²) in [6.07, 6.45) is 8.18. The van der Waals surface area contributed by atoms with E-state index >= 15 is 0 Å². The van der Waals surface area contributed by atoms with E-state index < -0.39 is 0 Å². The Morgan fingerprint density at radius 3 is 2.72 bits per heavy atom. The highest BCUT2D eigenvalue weighted by molar-refractivity contribution is 14.1. The summed E-state index contributed by atoms with van der Waals surface area (Å²) in [5.41, 5.74) is 3.06. The number of aliphatic imine (C=N–C) groups is 1. The van der Waals surface area contributed by atoms with E-state index in [2.05, 4.69) is 77.8 Å². The second-order valence-electron chi connectivity index (χ2n) is 9.92. The third kappa shape index (κ3) is 6.42. The molecule has 36 heavy (non-hydrogen) atoms. The van der Waals surface area contributed by atoms with Crippen LogP contribution in [-0.4, -0.2) is 18.7 Å². The van der Waals surface area contributed by atoms with Crippen molar-refractivity contribution in [2.75, 3.05) is 6.61 Å². The maximum Gasteiger partial charge on any atom is 0.255 e. The van der Waals surface area contributed by atoms with Crippen LogP contribution in [0, 0.1) is 18.5 Å². The zero-order chi connectivity index (χ0) is 25.9. The van der Waals surface area contributed by atoms with Crippen LogP contribution in [0.2, 0.25) is 0 Å². The van der Waals surface area contributed by atoms with Gasteiger partial charge in [-0.15, -0.1) is 11.3 Å². The molecular formula is C28H30I2N2O3S. The molecule has 4 rings (SSSR count). The molecule has 3 aromatic rings. The summed E-state index contributed by atoms with van der Waals surface area (Å²) in [7, 11) is 0. The van der Waals surface area contributed by atoms with Gasteiger partial charge in [0.05, 0.1) is 25.5 Å². The van der Waals surface area contributed by atoms with Crippen molar-refractivity contribution in [1.29, 1.82) is 0 Å². The van der Waals surface area contributed by atoms with E-state index in [1.165, 1.54) is 4.88 Å². The van der Waals surface area contributed by atoms with E-state index in [9.17, 15) is 4.79 Å².